The minimum Gasteiger partial charge on any atom is -0.446 e. The Kier molecular flexibility index (Phi) is 3.07. The molecule has 0 saturated carbocycles. The highest BCUT2D eigenvalue weighted by atomic mass is 16.5. The molecule has 0 aromatic carbocycles. The fourth-order valence-electron chi connectivity index (χ4n) is 0.854. The van der Waals surface area contributed by atoms with Gasteiger partial charge in [0.05, 0.1) is 5.69 Å². The van der Waals surface area contributed by atoms with Crippen LogP contribution in [0, 0.1) is 0 Å². The van der Waals surface area contributed by atoms with Crippen molar-refractivity contribution in [1.29, 1.82) is 0 Å². The Labute approximate surface area is 65.6 Å². The van der Waals surface area contributed by atoms with Crippen LogP contribution in [0.3, 0.4) is 0 Å². The van der Waals surface area contributed by atoms with Crippen molar-refractivity contribution in [3.63, 3.8) is 0 Å². The van der Waals surface area contributed by atoms with Gasteiger partial charge in [-0.3, -0.25) is 0 Å². The molecule has 0 aliphatic heterocycles. The van der Waals surface area contributed by atoms with E-state index in [4.69, 9.17) is 9.15 Å². The average molecular weight is 156 g/mol. The zero-order valence-electron chi connectivity index (χ0n) is 6.76. The number of hydrogen-bond donors (Lipinski definition) is 1. The number of aromatic nitrogens is 1. The average Bonchev–Trinajstić information content (AvgIpc) is 2.39. The molecule has 0 spiro atoms. The Bertz CT molecular complexity index is 189. The molecule has 1 heterocycles. The molecule has 0 unspecified atom stereocenters. The van der Waals surface area contributed by atoms with Gasteiger partial charge < -0.3 is 14.5 Å². The first-order chi connectivity index (χ1) is 5.38. The van der Waals surface area contributed by atoms with E-state index in [1.165, 1.54) is 6.39 Å². The van der Waals surface area contributed by atoms with E-state index in [1.54, 1.807) is 7.11 Å². The highest BCUT2D eigenvalue weighted by Gasteiger charge is 2.05. The third-order valence-electron chi connectivity index (χ3n) is 1.35. The predicted molar refractivity (Wildman–Crippen MR) is 40.0 cm³/mol. The highest BCUT2D eigenvalue weighted by Crippen LogP contribution is 2.06. The maximum atomic E-state index is 5.08. The highest BCUT2D eigenvalue weighted by molar-refractivity contribution is 5.05. The molecule has 4 heteroatoms. The Morgan fingerprint density at radius 3 is 3.18 bits per heavy atom. The molecule has 4 nitrogen and oxygen atoms in total. The zero-order chi connectivity index (χ0) is 8.10. The fourth-order valence-corrected chi connectivity index (χ4v) is 0.854. The van der Waals surface area contributed by atoms with Crippen LogP contribution in [0.1, 0.15) is 11.5 Å². The first kappa shape index (κ1) is 8.23. The van der Waals surface area contributed by atoms with Crippen LogP contribution in [0.2, 0.25) is 0 Å². The fraction of sp³-hybridized carbons (Fsp3) is 0.571. The monoisotopic (exact) mass is 156 g/mol. The van der Waals surface area contributed by atoms with Gasteiger partial charge in [0.15, 0.2) is 12.2 Å². The summed E-state index contributed by atoms with van der Waals surface area (Å²) in [4.78, 5) is 4.02. The first-order valence-corrected chi connectivity index (χ1v) is 3.43. The van der Waals surface area contributed by atoms with E-state index < -0.39 is 0 Å². The molecule has 0 atom stereocenters. The van der Waals surface area contributed by atoms with E-state index in [-0.39, 0.29) is 0 Å². The van der Waals surface area contributed by atoms with Gasteiger partial charge in [0.2, 0.25) is 0 Å². The van der Waals surface area contributed by atoms with E-state index in [2.05, 4.69) is 10.3 Å². The SMILES string of the molecule is CNCc1ncoc1COC. The molecule has 11 heavy (non-hydrogen) atoms. The Morgan fingerprint density at radius 1 is 1.73 bits per heavy atom. The van der Waals surface area contributed by atoms with Crippen molar-refractivity contribution in [1.82, 2.24) is 10.3 Å². The van der Waals surface area contributed by atoms with Crippen LogP contribution in [0.15, 0.2) is 10.8 Å². The van der Waals surface area contributed by atoms with E-state index in [0.29, 0.717) is 6.61 Å². The molecule has 62 valence electrons. The lowest BCUT2D eigenvalue weighted by atomic mass is 10.3. The van der Waals surface area contributed by atoms with Gasteiger partial charge in [0, 0.05) is 13.7 Å². The van der Waals surface area contributed by atoms with Gasteiger partial charge in [0.1, 0.15) is 6.61 Å². The third-order valence-corrected chi connectivity index (χ3v) is 1.35. The Morgan fingerprint density at radius 2 is 2.55 bits per heavy atom. The number of nitrogens with one attached hydrogen (secondary N) is 1. The summed E-state index contributed by atoms with van der Waals surface area (Å²) in [6.07, 6.45) is 1.43. The number of rotatable bonds is 4. The van der Waals surface area contributed by atoms with Crippen molar-refractivity contribution in [2.24, 2.45) is 0 Å². The molecule has 1 rings (SSSR count). The van der Waals surface area contributed by atoms with Crippen molar-refractivity contribution in [3.8, 4) is 0 Å². The molecule has 0 fully saturated rings. The number of hydrogen-bond acceptors (Lipinski definition) is 4. The summed E-state index contributed by atoms with van der Waals surface area (Å²) < 4.78 is 9.99. The molecule has 1 N–H and O–H groups in total. The molecular formula is C7H12N2O2. The predicted octanol–water partition coefficient (Wildman–Crippen LogP) is 0.540. The first-order valence-electron chi connectivity index (χ1n) is 3.43. The van der Waals surface area contributed by atoms with Crippen molar-refractivity contribution >= 4 is 0 Å². The second kappa shape index (κ2) is 4.10. The van der Waals surface area contributed by atoms with Gasteiger partial charge in [-0.05, 0) is 7.05 Å². The summed E-state index contributed by atoms with van der Waals surface area (Å²) in [7, 11) is 3.50. The summed E-state index contributed by atoms with van der Waals surface area (Å²) >= 11 is 0. The van der Waals surface area contributed by atoms with Crippen LogP contribution >= 0.6 is 0 Å². The van der Waals surface area contributed by atoms with Crippen LogP contribution < -0.4 is 5.32 Å². The van der Waals surface area contributed by atoms with Gasteiger partial charge in [0.25, 0.3) is 0 Å². The number of methoxy groups -OCH3 is 1. The van der Waals surface area contributed by atoms with Crippen molar-refractivity contribution < 1.29 is 9.15 Å². The van der Waals surface area contributed by atoms with Gasteiger partial charge in [-0.15, -0.1) is 0 Å². The molecule has 0 amide bonds. The molecule has 0 bridgehead atoms. The lowest BCUT2D eigenvalue weighted by molar-refractivity contribution is 0.163. The minimum atomic E-state index is 0.483. The standard InChI is InChI=1S/C7H12N2O2/c1-8-3-6-7(4-10-2)11-5-9-6/h5,8H,3-4H2,1-2H3. The summed E-state index contributed by atoms with van der Waals surface area (Å²) in [5, 5.41) is 2.99. The lowest BCUT2D eigenvalue weighted by Gasteiger charge is -1.97. The second-order valence-electron chi connectivity index (χ2n) is 2.19. The lowest BCUT2D eigenvalue weighted by Crippen LogP contribution is -2.07. The molecule has 1 aromatic rings. The maximum Gasteiger partial charge on any atom is 0.181 e. The van der Waals surface area contributed by atoms with Crippen LogP contribution in [0.25, 0.3) is 0 Å². The summed E-state index contributed by atoms with van der Waals surface area (Å²) in [5.74, 6) is 0.793. The smallest absolute Gasteiger partial charge is 0.181 e. The summed E-state index contributed by atoms with van der Waals surface area (Å²) in [6, 6.07) is 0. The van der Waals surface area contributed by atoms with E-state index in [9.17, 15) is 0 Å². The number of oxazole rings is 1. The van der Waals surface area contributed by atoms with Gasteiger partial charge in [-0.25, -0.2) is 4.98 Å². The van der Waals surface area contributed by atoms with Crippen molar-refractivity contribution in [2.45, 2.75) is 13.2 Å². The minimum absolute atomic E-state index is 0.483. The molecular weight excluding hydrogens is 144 g/mol. The van der Waals surface area contributed by atoms with Crippen LogP contribution in [0.5, 0.6) is 0 Å². The summed E-state index contributed by atoms with van der Waals surface area (Å²) in [6.45, 7) is 1.20. The van der Waals surface area contributed by atoms with Crippen molar-refractivity contribution in [2.75, 3.05) is 14.2 Å². The maximum absolute atomic E-state index is 5.08. The largest absolute Gasteiger partial charge is 0.446 e. The Balaban J connectivity index is 2.62. The normalized spacial score (nSPS) is 10.4. The van der Waals surface area contributed by atoms with E-state index in [0.717, 1.165) is 18.0 Å². The third kappa shape index (κ3) is 2.03. The Hall–Kier alpha value is -0.870. The topological polar surface area (TPSA) is 47.3 Å². The van der Waals surface area contributed by atoms with Crippen molar-refractivity contribution in [3.05, 3.63) is 17.8 Å². The number of nitrogens with zero attached hydrogens (tertiary/aromatic N) is 1. The van der Waals surface area contributed by atoms with Crippen LogP contribution in [-0.4, -0.2) is 19.1 Å². The number of ether oxygens (including phenoxy) is 1. The summed E-state index contributed by atoms with van der Waals surface area (Å²) in [5.41, 5.74) is 0.911. The quantitative estimate of drug-likeness (QED) is 0.691. The molecule has 0 aliphatic rings. The van der Waals surface area contributed by atoms with E-state index >= 15 is 0 Å². The molecule has 0 saturated heterocycles. The van der Waals surface area contributed by atoms with Gasteiger partial charge in [-0.1, -0.05) is 0 Å². The van der Waals surface area contributed by atoms with Gasteiger partial charge in [-0.2, -0.15) is 0 Å². The molecule has 0 aliphatic carbocycles. The van der Waals surface area contributed by atoms with Gasteiger partial charge >= 0.3 is 0 Å². The van der Waals surface area contributed by atoms with Crippen LogP contribution in [-0.2, 0) is 17.9 Å². The zero-order valence-corrected chi connectivity index (χ0v) is 6.76. The molecule has 1 aromatic heterocycles. The molecule has 0 radical (unpaired) electrons. The second-order valence-corrected chi connectivity index (χ2v) is 2.19. The van der Waals surface area contributed by atoms with Crippen LogP contribution in [0.4, 0.5) is 0 Å². The van der Waals surface area contributed by atoms with E-state index in [1.807, 2.05) is 7.05 Å².